The zero-order chi connectivity index (χ0) is 22.3. The summed E-state index contributed by atoms with van der Waals surface area (Å²) in [5.41, 5.74) is 2.65. The largest absolute Gasteiger partial charge is 0.493 e. The van der Waals surface area contributed by atoms with Crippen molar-refractivity contribution in [1.29, 1.82) is 0 Å². The Morgan fingerprint density at radius 1 is 0.969 bits per heavy atom. The average Bonchev–Trinajstić information content (AvgIpc) is 2.76. The van der Waals surface area contributed by atoms with Crippen LogP contribution in [0.15, 0.2) is 36.4 Å². The van der Waals surface area contributed by atoms with Crippen LogP contribution in [0.2, 0.25) is 10.0 Å². The molecule has 32 heavy (non-hydrogen) atoms. The average molecular weight is 474 g/mol. The number of benzene rings is 2. The van der Waals surface area contributed by atoms with Crippen LogP contribution < -0.4 is 14.8 Å². The smallest absolute Gasteiger partial charge is 0.180 e. The van der Waals surface area contributed by atoms with Gasteiger partial charge in [0, 0.05) is 17.6 Å². The zero-order valence-corrected chi connectivity index (χ0v) is 20.5. The standard InChI is InChI=1S/C27H33Cl2NO2/c1-17(27-12-19-7-20(13-27)9-21(8-19)14-27)30-15-22-10-24(29)26(25(11-22)31-2)32-16-18-3-5-23(28)6-4-18/h3-6,10-11,17,19-21,30H,7-9,12-16H2,1-2H3. The molecule has 0 aliphatic heterocycles. The highest BCUT2D eigenvalue weighted by molar-refractivity contribution is 6.32. The molecule has 5 heteroatoms. The summed E-state index contributed by atoms with van der Waals surface area (Å²) in [6, 6.07) is 12.2. The van der Waals surface area contributed by atoms with Gasteiger partial charge < -0.3 is 14.8 Å². The van der Waals surface area contributed by atoms with E-state index in [1.165, 1.54) is 38.5 Å². The van der Waals surface area contributed by atoms with Crippen LogP contribution >= 0.6 is 23.2 Å². The lowest BCUT2D eigenvalue weighted by molar-refractivity contribution is -0.0706. The van der Waals surface area contributed by atoms with Crippen molar-refractivity contribution in [3.8, 4) is 11.5 Å². The minimum Gasteiger partial charge on any atom is -0.493 e. The molecule has 0 radical (unpaired) electrons. The van der Waals surface area contributed by atoms with Gasteiger partial charge in [-0.3, -0.25) is 0 Å². The molecule has 0 saturated heterocycles. The summed E-state index contributed by atoms with van der Waals surface area (Å²) in [6.07, 6.45) is 8.68. The number of methoxy groups -OCH3 is 1. The van der Waals surface area contributed by atoms with Gasteiger partial charge in [0.15, 0.2) is 11.5 Å². The topological polar surface area (TPSA) is 30.5 Å². The number of hydrogen-bond acceptors (Lipinski definition) is 3. The van der Waals surface area contributed by atoms with Crippen molar-refractivity contribution in [3.05, 3.63) is 57.6 Å². The Bertz CT molecular complexity index is 924. The van der Waals surface area contributed by atoms with Crippen LogP contribution in [0.4, 0.5) is 0 Å². The van der Waals surface area contributed by atoms with E-state index in [2.05, 4.69) is 12.2 Å². The molecule has 0 heterocycles. The molecule has 0 aromatic heterocycles. The molecule has 3 nitrogen and oxygen atoms in total. The Balaban J connectivity index is 1.24. The SMILES string of the molecule is COc1cc(CNC(C)C23CC4CC(CC(C4)C2)C3)cc(Cl)c1OCc1ccc(Cl)cc1. The number of rotatable bonds is 8. The molecule has 6 rings (SSSR count). The molecule has 0 amide bonds. The fourth-order valence-corrected chi connectivity index (χ4v) is 7.36. The molecule has 4 aliphatic rings. The van der Waals surface area contributed by atoms with Gasteiger partial charge in [-0.25, -0.2) is 0 Å². The lowest BCUT2D eigenvalue weighted by Crippen LogP contribution is -2.54. The molecule has 1 unspecified atom stereocenters. The second-order valence-electron chi connectivity index (χ2n) is 10.4. The highest BCUT2D eigenvalue weighted by Crippen LogP contribution is 2.61. The Kier molecular flexibility index (Phi) is 6.35. The van der Waals surface area contributed by atoms with Crippen molar-refractivity contribution in [3.63, 3.8) is 0 Å². The third-order valence-corrected chi connectivity index (χ3v) is 8.73. The fourth-order valence-electron chi connectivity index (χ4n) is 6.95. The van der Waals surface area contributed by atoms with Crippen molar-refractivity contribution >= 4 is 23.2 Å². The van der Waals surface area contributed by atoms with E-state index in [1.54, 1.807) is 7.11 Å². The molecule has 2 aromatic carbocycles. The lowest BCUT2D eigenvalue weighted by Gasteiger charge is -2.59. The molecule has 1 N–H and O–H groups in total. The van der Waals surface area contributed by atoms with E-state index in [0.29, 0.717) is 39.6 Å². The fraction of sp³-hybridized carbons (Fsp3) is 0.556. The molecule has 4 saturated carbocycles. The predicted octanol–water partition coefficient (Wildman–Crippen LogP) is 7.28. The first-order chi connectivity index (χ1) is 15.4. The van der Waals surface area contributed by atoms with Crippen molar-refractivity contribution in [2.75, 3.05) is 7.11 Å². The Morgan fingerprint density at radius 3 is 2.19 bits per heavy atom. The van der Waals surface area contributed by atoms with Crippen molar-refractivity contribution in [2.24, 2.45) is 23.2 Å². The van der Waals surface area contributed by atoms with Crippen LogP contribution in [-0.4, -0.2) is 13.2 Å². The van der Waals surface area contributed by atoms with Crippen LogP contribution in [0.1, 0.15) is 56.6 Å². The summed E-state index contributed by atoms with van der Waals surface area (Å²) >= 11 is 12.6. The summed E-state index contributed by atoms with van der Waals surface area (Å²) in [7, 11) is 1.66. The van der Waals surface area contributed by atoms with Gasteiger partial charge >= 0.3 is 0 Å². The summed E-state index contributed by atoms with van der Waals surface area (Å²) < 4.78 is 11.6. The zero-order valence-electron chi connectivity index (χ0n) is 19.0. The van der Waals surface area contributed by atoms with Crippen molar-refractivity contribution in [2.45, 2.75) is 64.6 Å². The maximum atomic E-state index is 6.62. The van der Waals surface area contributed by atoms with E-state index in [4.69, 9.17) is 32.7 Å². The Hall–Kier alpha value is -1.42. The normalized spacial score (nSPS) is 29.2. The maximum Gasteiger partial charge on any atom is 0.180 e. The number of ether oxygens (including phenoxy) is 2. The van der Waals surface area contributed by atoms with E-state index in [0.717, 1.165) is 35.4 Å². The van der Waals surface area contributed by atoms with E-state index in [9.17, 15) is 0 Å². The highest BCUT2D eigenvalue weighted by atomic mass is 35.5. The second kappa shape index (κ2) is 9.08. The molecule has 4 aliphatic carbocycles. The van der Waals surface area contributed by atoms with Crippen molar-refractivity contribution in [1.82, 2.24) is 5.32 Å². The molecular formula is C27H33Cl2NO2. The summed E-state index contributed by atoms with van der Waals surface area (Å²) in [5, 5.41) is 5.14. The van der Waals surface area contributed by atoms with Crippen LogP contribution in [-0.2, 0) is 13.2 Å². The number of halogens is 2. The summed E-state index contributed by atoms with van der Waals surface area (Å²) in [4.78, 5) is 0. The second-order valence-corrected chi connectivity index (χ2v) is 11.3. The van der Waals surface area contributed by atoms with Gasteiger partial charge in [-0.15, -0.1) is 0 Å². The monoisotopic (exact) mass is 473 g/mol. The van der Waals surface area contributed by atoms with E-state index >= 15 is 0 Å². The quantitative estimate of drug-likeness (QED) is 0.436. The first-order valence-corrected chi connectivity index (χ1v) is 12.7. The predicted molar refractivity (Wildman–Crippen MR) is 131 cm³/mol. The first kappa shape index (κ1) is 22.4. The maximum absolute atomic E-state index is 6.62. The third-order valence-electron chi connectivity index (χ3n) is 8.20. The van der Waals surface area contributed by atoms with Crippen LogP contribution in [0.25, 0.3) is 0 Å². The van der Waals surface area contributed by atoms with Crippen molar-refractivity contribution < 1.29 is 9.47 Å². The summed E-state index contributed by atoms with van der Waals surface area (Å²) in [6.45, 7) is 3.60. The van der Waals surface area contributed by atoms with E-state index < -0.39 is 0 Å². The number of hydrogen-bond donors (Lipinski definition) is 1. The van der Waals surface area contributed by atoms with Gasteiger partial charge in [0.05, 0.1) is 12.1 Å². The van der Waals surface area contributed by atoms with E-state index in [1.807, 2.05) is 36.4 Å². The van der Waals surface area contributed by atoms with Gasteiger partial charge in [0.2, 0.25) is 0 Å². The molecular weight excluding hydrogens is 441 g/mol. The Labute approximate surface area is 201 Å². The molecule has 4 bridgehead atoms. The van der Waals surface area contributed by atoms with Gasteiger partial charge in [-0.05, 0) is 104 Å². The highest BCUT2D eigenvalue weighted by Gasteiger charge is 2.52. The first-order valence-electron chi connectivity index (χ1n) is 11.9. The van der Waals surface area contributed by atoms with Crippen LogP contribution in [0, 0.1) is 23.2 Å². The van der Waals surface area contributed by atoms with Crippen LogP contribution in [0.3, 0.4) is 0 Å². The van der Waals surface area contributed by atoms with Gasteiger partial charge in [-0.2, -0.15) is 0 Å². The molecule has 1 atom stereocenters. The third kappa shape index (κ3) is 4.49. The molecule has 4 fully saturated rings. The Morgan fingerprint density at radius 2 is 1.59 bits per heavy atom. The van der Waals surface area contributed by atoms with Crippen LogP contribution in [0.5, 0.6) is 11.5 Å². The lowest BCUT2D eigenvalue weighted by atomic mass is 9.48. The number of nitrogens with one attached hydrogen (secondary N) is 1. The van der Waals surface area contributed by atoms with Gasteiger partial charge in [-0.1, -0.05) is 35.3 Å². The summed E-state index contributed by atoms with van der Waals surface area (Å²) in [5.74, 6) is 4.17. The molecule has 0 spiro atoms. The minimum atomic E-state index is 0.411. The molecule has 2 aromatic rings. The minimum absolute atomic E-state index is 0.411. The molecule has 172 valence electrons. The van der Waals surface area contributed by atoms with Gasteiger partial charge in [0.1, 0.15) is 6.61 Å². The van der Waals surface area contributed by atoms with Gasteiger partial charge in [0.25, 0.3) is 0 Å². The van der Waals surface area contributed by atoms with E-state index in [-0.39, 0.29) is 0 Å².